The van der Waals surface area contributed by atoms with E-state index < -0.39 is 0 Å². The van der Waals surface area contributed by atoms with Crippen molar-refractivity contribution in [2.24, 2.45) is 0 Å². The number of anilines is 2. The number of nitrogens with zero attached hydrogens (tertiary/aromatic N) is 1. The predicted molar refractivity (Wildman–Crippen MR) is 89.7 cm³/mol. The van der Waals surface area contributed by atoms with Crippen LogP contribution in [0.15, 0.2) is 48.5 Å². The van der Waals surface area contributed by atoms with Gasteiger partial charge in [-0.05, 0) is 36.6 Å². The Bertz CT molecular complexity index is 793. The second-order valence-electron chi connectivity index (χ2n) is 5.08. The minimum atomic E-state index is 0.754. The molecule has 3 aromatic rings. The largest absolute Gasteiger partial charge is 0.339 e. The quantitative estimate of drug-likeness (QED) is 0.659. The van der Waals surface area contributed by atoms with Crippen LogP contribution < -0.4 is 5.32 Å². The Kier molecular flexibility index (Phi) is 3.17. The number of halogens is 1. The van der Waals surface area contributed by atoms with Gasteiger partial charge in [0.2, 0.25) is 0 Å². The molecule has 2 heterocycles. The molecule has 2 nitrogen and oxygen atoms in total. The van der Waals surface area contributed by atoms with E-state index in [0.29, 0.717) is 0 Å². The van der Waals surface area contributed by atoms with E-state index in [1.165, 1.54) is 16.1 Å². The molecule has 0 fully saturated rings. The Morgan fingerprint density at radius 1 is 1.00 bits per heavy atom. The molecule has 0 radical (unpaired) electrons. The van der Waals surface area contributed by atoms with Crippen LogP contribution in [-0.4, -0.2) is 4.98 Å². The highest BCUT2D eigenvalue weighted by molar-refractivity contribution is 7.15. The molecule has 1 N–H and O–H groups in total. The van der Waals surface area contributed by atoms with Crippen LogP contribution in [0.3, 0.4) is 0 Å². The van der Waals surface area contributed by atoms with E-state index in [2.05, 4.69) is 29.6 Å². The summed E-state index contributed by atoms with van der Waals surface area (Å²) < 4.78 is 0. The van der Waals surface area contributed by atoms with Gasteiger partial charge in [0.05, 0.1) is 0 Å². The van der Waals surface area contributed by atoms with Gasteiger partial charge in [0.15, 0.2) is 0 Å². The maximum atomic E-state index is 5.95. The Morgan fingerprint density at radius 2 is 1.81 bits per heavy atom. The molecule has 0 saturated heterocycles. The Morgan fingerprint density at radius 3 is 2.67 bits per heavy atom. The third-order valence-corrected chi connectivity index (χ3v) is 5.10. The lowest BCUT2D eigenvalue weighted by atomic mass is 10.1. The van der Waals surface area contributed by atoms with E-state index in [1.807, 2.05) is 24.3 Å². The minimum Gasteiger partial charge on any atom is -0.339 e. The number of aryl methyl sites for hydroxylation is 2. The first-order valence-electron chi connectivity index (χ1n) is 6.90. The van der Waals surface area contributed by atoms with E-state index in [4.69, 9.17) is 16.6 Å². The van der Waals surface area contributed by atoms with Gasteiger partial charge >= 0.3 is 0 Å². The van der Waals surface area contributed by atoms with E-state index >= 15 is 0 Å². The molecular formula is C17H13ClN2S. The zero-order chi connectivity index (χ0) is 14.2. The number of para-hydroxylation sites is 1. The molecule has 21 heavy (non-hydrogen) atoms. The zero-order valence-corrected chi connectivity index (χ0v) is 12.8. The summed E-state index contributed by atoms with van der Waals surface area (Å²) in [4.78, 5) is 6.09. The first-order valence-corrected chi connectivity index (χ1v) is 8.09. The summed E-state index contributed by atoms with van der Waals surface area (Å²) in [6.45, 7) is 0. The summed E-state index contributed by atoms with van der Waals surface area (Å²) in [5.41, 5.74) is 3.65. The number of fused-ring (bicyclic) bond motifs is 2. The van der Waals surface area contributed by atoms with Crippen LogP contribution in [0.4, 0.5) is 11.5 Å². The molecule has 0 spiro atoms. The molecule has 2 aromatic carbocycles. The van der Waals surface area contributed by atoms with Crippen molar-refractivity contribution in [2.45, 2.75) is 12.8 Å². The number of rotatable bonds is 1. The first kappa shape index (κ1) is 12.9. The molecule has 4 heteroatoms. The van der Waals surface area contributed by atoms with Crippen molar-refractivity contribution in [1.82, 2.24) is 4.98 Å². The van der Waals surface area contributed by atoms with Crippen molar-refractivity contribution < 1.29 is 0 Å². The van der Waals surface area contributed by atoms with Gasteiger partial charge in [-0.2, -0.15) is 0 Å². The summed E-state index contributed by atoms with van der Waals surface area (Å²) in [6, 6.07) is 16.3. The SMILES string of the molecule is Clc1ccc(-c2nc3c(s2)CCc2ccccc2N3)cc1. The number of nitrogens with one attached hydrogen (secondary N) is 1. The number of benzene rings is 2. The van der Waals surface area contributed by atoms with Gasteiger partial charge in [-0.3, -0.25) is 0 Å². The topological polar surface area (TPSA) is 24.9 Å². The van der Waals surface area contributed by atoms with Gasteiger partial charge in [-0.15, -0.1) is 11.3 Å². The molecule has 0 unspecified atom stereocenters. The van der Waals surface area contributed by atoms with Crippen molar-refractivity contribution in [3.05, 3.63) is 64.0 Å². The molecule has 1 aliphatic heterocycles. The third kappa shape index (κ3) is 2.43. The minimum absolute atomic E-state index is 0.754. The average Bonchev–Trinajstić information content (AvgIpc) is 2.82. The summed E-state index contributed by atoms with van der Waals surface area (Å²) in [5, 5.41) is 5.28. The van der Waals surface area contributed by atoms with E-state index in [1.54, 1.807) is 11.3 Å². The average molecular weight is 313 g/mol. The van der Waals surface area contributed by atoms with Crippen LogP contribution >= 0.6 is 22.9 Å². The molecule has 0 saturated carbocycles. The van der Waals surface area contributed by atoms with Gasteiger partial charge in [0, 0.05) is 21.2 Å². The van der Waals surface area contributed by atoms with Gasteiger partial charge in [0.25, 0.3) is 0 Å². The van der Waals surface area contributed by atoms with Crippen molar-refractivity contribution in [3.63, 3.8) is 0 Å². The summed E-state index contributed by atoms with van der Waals surface area (Å²) in [5.74, 6) is 0.995. The molecule has 0 atom stereocenters. The maximum Gasteiger partial charge on any atom is 0.145 e. The molecule has 4 rings (SSSR count). The predicted octanol–water partition coefficient (Wildman–Crippen LogP) is 5.31. The number of hydrogen-bond donors (Lipinski definition) is 1. The zero-order valence-electron chi connectivity index (χ0n) is 11.3. The Balaban J connectivity index is 1.73. The van der Waals surface area contributed by atoms with Crippen LogP contribution in [0.5, 0.6) is 0 Å². The van der Waals surface area contributed by atoms with Crippen molar-refractivity contribution >= 4 is 34.4 Å². The second-order valence-corrected chi connectivity index (χ2v) is 6.60. The lowest BCUT2D eigenvalue weighted by molar-refractivity contribution is 0.995. The van der Waals surface area contributed by atoms with Crippen LogP contribution in [0, 0.1) is 0 Å². The van der Waals surface area contributed by atoms with Crippen molar-refractivity contribution in [1.29, 1.82) is 0 Å². The fraction of sp³-hybridized carbons (Fsp3) is 0.118. The molecule has 1 aromatic heterocycles. The van der Waals surface area contributed by atoms with Crippen LogP contribution in [0.2, 0.25) is 5.02 Å². The summed E-state index contributed by atoms with van der Waals surface area (Å²) in [6.07, 6.45) is 2.09. The first-order chi connectivity index (χ1) is 10.3. The van der Waals surface area contributed by atoms with E-state index in [9.17, 15) is 0 Å². The molecule has 104 valence electrons. The van der Waals surface area contributed by atoms with Crippen LogP contribution in [-0.2, 0) is 12.8 Å². The van der Waals surface area contributed by atoms with Gasteiger partial charge in [0.1, 0.15) is 10.8 Å². The van der Waals surface area contributed by atoms with Gasteiger partial charge in [-0.25, -0.2) is 4.98 Å². The van der Waals surface area contributed by atoms with Crippen molar-refractivity contribution in [3.8, 4) is 10.6 Å². The lowest BCUT2D eigenvalue weighted by Gasteiger charge is -2.06. The molecule has 0 aliphatic carbocycles. The highest BCUT2D eigenvalue weighted by Gasteiger charge is 2.17. The molecule has 0 bridgehead atoms. The van der Waals surface area contributed by atoms with E-state index in [-0.39, 0.29) is 0 Å². The Labute approximate surface area is 132 Å². The van der Waals surface area contributed by atoms with Gasteiger partial charge < -0.3 is 5.32 Å². The highest BCUT2D eigenvalue weighted by atomic mass is 35.5. The fourth-order valence-electron chi connectivity index (χ4n) is 2.57. The second kappa shape index (κ2) is 5.17. The summed E-state index contributed by atoms with van der Waals surface area (Å²) in [7, 11) is 0. The van der Waals surface area contributed by atoms with Crippen LogP contribution in [0.1, 0.15) is 10.4 Å². The van der Waals surface area contributed by atoms with Gasteiger partial charge in [-0.1, -0.05) is 41.9 Å². The lowest BCUT2D eigenvalue weighted by Crippen LogP contribution is -1.93. The molecule has 0 amide bonds. The normalized spacial score (nSPS) is 13.0. The number of hydrogen-bond acceptors (Lipinski definition) is 3. The Hall–Kier alpha value is -1.84. The van der Waals surface area contributed by atoms with Crippen LogP contribution in [0.25, 0.3) is 10.6 Å². The monoisotopic (exact) mass is 312 g/mol. The molecular weight excluding hydrogens is 300 g/mol. The number of thiazole rings is 1. The standard InChI is InChI=1S/C17H13ClN2S/c18-13-8-5-12(6-9-13)17-20-16-15(21-17)10-7-11-3-1-2-4-14(11)19-16/h1-6,8-9,19H,7,10H2. The molecule has 1 aliphatic rings. The third-order valence-electron chi connectivity index (χ3n) is 3.68. The smallest absolute Gasteiger partial charge is 0.145 e. The maximum absolute atomic E-state index is 5.95. The summed E-state index contributed by atoms with van der Waals surface area (Å²) >= 11 is 7.71. The van der Waals surface area contributed by atoms with Crippen molar-refractivity contribution in [2.75, 3.05) is 5.32 Å². The fourth-order valence-corrected chi connectivity index (χ4v) is 3.72. The number of aromatic nitrogens is 1. The highest BCUT2D eigenvalue weighted by Crippen LogP contribution is 2.36. The van der Waals surface area contributed by atoms with E-state index in [0.717, 1.165) is 34.3 Å².